The topological polar surface area (TPSA) is 117 Å². The Morgan fingerprint density at radius 3 is 2.27 bits per heavy atom. The Hall–Kier alpha value is -1.89. The second kappa shape index (κ2) is 12.7. The molecule has 0 aliphatic carbocycles. The van der Waals surface area contributed by atoms with Crippen molar-refractivity contribution in [2.75, 3.05) is 12.8 Å². The maximum Gasteiger partial charge on any atom is 0.407 e. The van der Waals surface area contributed by atoms with Crippen molar-refractivity contribution in [3.8, 4) is 0 Å². The van der Waals surface area contributed by atoms with Crippen molar-refractivity contribution in [2.45, 2.75) is 53.7 Å². The standard InChI is InChI=1S/C21H36N3O5P/c1-15(2)11-19(20(25)22-12-17(5)16(3)4)24-30(27,28)14-23-21(26)29-13-18-9-7-6-8-10-18/h6-10,15-17,19H,11-14H2,1-5H3,(H,22,25)(H,23,26)(H2,24,27,28)/t17-,19-/m0/s1. The largest absolute Gasteiger partial charge is 0.445 e. The summed E-state index contributed by atoms with van der Waals surface area (Å²) in [5, 5.41) is 7.67. The molecule has 4 N–H and O–H groups in total. The van der Waals surface area contributed by atoms with Crippen LogP contribution < -0.4 is 15.7 Å². The molecule has 0 radical (unpaired) electrons. The number of hydrogen-bond acceptors (Lipinski definition) is 4. The molecule has 0 spiro atoms. The minimum Gasteiger partial charge on any atom is -0.445 e. The molecule has 9 heteroatoms. The molecule has 1 rings (SSSR count). The molecule has 0 saturated carbocycles. The van der Waals surface area contributed by atoms with Gasteiger partial charge in [0, 0.05) is 6.54 Å². The number of amides is 2. The van der Waals surface area contributed by atoms with Crippen LogP contribution in [0.4, 0.5) is 4.79 Å². The van der Waals surface area contributed by atoms with Crippen LogP contribution in [-0.2, 0) is 20.7 Å². The summed E-state index contributed by atoms with van der Waals surface area (Å²) in [5.41, 5.74) is 0.808. The van der Waals surface area contributed by atoms with Crippen LogP contribution in [0.2, 0.25) is 0 Å². The van der Waals surface area contributed by atoms with E-state index in [4.69, 9.17) is 4.74 Å². The number of alkyl carbamates (subject to hydrolysis) is 1. The fourth-order valence-corrected chi connectivity index (χ4v) is 3.69. The monoisotopic (exact) mass is 441 g/mol. The highest BCUT2D eigenvalue weighted by Gasteiger charge is 2.29. The maximum atomic E-state index is 12.6. The number of nitrogens with one attached hydrogen (secondary N) is 3. The molecule has 0 aromatic heterocycles. The van der Waals surface area contributed by atoms with Gasteiger partial charge in [0.2, 0.25) is 5.91 Å². The Bertz CT molecular complexity index is 712. The Morgan fingerprint density at radius 2 is 1.70 bits per heavy atom. The van der Waals surface area contributed by atoms with E-state index in [1.807, 2.05) is 39.0 Å². The van der Waals surface area contributed by atoms with Gasteiger partial charge in [0.05, 0.1) is 6.04 Å². The van der Waals surface area contributed by atoms with Gasteiger partial charge < -0.3 is 20.3 Å². The Labute approximate surface area is 179 Å². The van der Waals surface area contributed by atoms with Crippen molar-refractivity contribution < 1.29 is 23.8 Å². The van der Waals surface area contributed by atoms with Gasteiger partial charge in [0.1, 0.15) is 12.9 Å². The number of carbonyl (C=O) groups excluding carboxylic acids is 2. The predicted octanol–water partition coefficient (Wildman–Crippen LogP) is 3.47. The summed E-state index contributed by atoms with van der Waals surface area (Å²) in [5.74, 6) is 0.518. The fourth-order valence-electron chi connectivity index (χ4n) is 2.55. The SMILES string of the molecule is CC(C)C[C@H](NP(=O)(O)CNC(=O)OCc1ccccc1)C(=O)NC[C@H](C)C(C)C. The zero-order chi connectivity index (χ0) is 22.7. The van der Waals surface area contributed by atoms with Crippen LogP contribution in [0.25, 0.3) is 0 Å². The van der Waals surface area contributed by atoms with Crippen molar-refractivity contribution in [1.82, 2.24) is 15.7 Å². The average Bonchev–Trinajstić information content (AvgIpc) is 2.68. The Kier molecular flexibility index (Phi) is 11.1. The second-order valence-corrected chi connectivity index (χ2v) is 10.4. The highest BCUT2D eigenvalue weighted by atomic mass is 31.2. The van der Waals surface area contributed by atoms with E-state index in [2.05, 4.69) is 29.6 Å². The van der Waals surface area contributed by atoms with Crippen LogP contribution in [-0.4, -0.2) is 35.8 Å². The molecule has 0 aliphatic heterocycles. The van der Waals surface area contributed by atoms with Gasteiger partial charge >= 0.3 is 6.09 Å². The van der Waals surface area contributed by atoms with Crippen LogP contribution in [0.15, 0.2) is 30.3 Å². The minimum absolute atomic E-state index is 0.0578. The van der Waals surface area contributed by atoms with Crippen molar-refractivity contribution in [3.05, 3.63) is 35.9 Å². The van der Waals surface area contributed by atoms with E-state index >= 15 is 0 Å². The van der Waals surface area contributed by atoms with Gasteiger partial charge in [-0.05, 0) is 29.7 Å². The third-order valence-corrected chi connectivity index (χ3v) is 6.07. The molecule has 30 heavy (non-hydrogen) atoms. The highest BCUT2D eigenvalue weighted by Crippen LogP contribution is 2.35. The van der Waals surface area contributed by atoms with Crippen molar-refractivity contribution in [3.63, 3.8) is 0 Å². The number of carbonyl (C=O) groups is 2. The molecule has 2 amide bonds. The zero-order valence-electron chi connectivity index (χ0n) is 18.6. The molecule has 0 heterocycles. The molecule has 0 bridgehead atoms. The van der Waals surface area contributed by atoms with Crippen LogP contribution in [0.3, 0.4) is 0 Å². The molecular formula is C21H36N3O5P. The van der Waals surface area contributed by atoms with Crippen LogP contribution in [0.1, 0.15) is 46.6 Å². The minimum atomic E-state index is -4.00. The average molecular weight is 442 g/mol. The summed E-state index contributed by atoms with van der Waals surface area (Å²) < 4.78 is 17.6. The summed E-state index contributed by atoms with van der Waals surface area (Å²) in [6, 6.07) is 8.28. The first-order chi connectivity index (χ1) is 14.0. The first-order valence-electron chi connectivity index (χ1n) is 10.3. The lowest BCUT2D eigenvalue weighted by Gasteiger charge is -2.24. The van der Waals surface area contributed by atoms with Gasteiger partial charge in [0.15, 0.2) is 0 Å². The van der Waals surface area contributed by atoms with Crippen molar-refractivity contribution in [1.29, 1.82) is 0 Å². The van der Waals surface area contributed by atoms with Gasteiger partial charge in [-0.25, -0.2) is 9.88 Å². The van der Waals surface area contributed by atoms with E-state index in [1.165, 1.54) is 0 Å². The van der Waals surface area contributed by atoms with Crippen LogP contribution in [0, 0.1) is 17.8 Å². The fraction of sp³-hybridized carbons (Fsp3) is 0.619. The first kappa shape index (κ1) is 26.1. The van der Waals surface area contributed by atoms with Gasteiger partial charge in [0.25, 0.3) is 7.52 Å². The number of hydrogen-bond donors (Lipinski definition) is 4. The quantitative estimate of drug-likeness (QED) is 0.369. The normalized spacial score (nSPS) is 15.3. The van der Waals surface area contributed by atoms with Crippen molar-refractivity contribution in [2.24, 2.45) is 17.8 Å². The van der Waals surface area contributed by atoms with E-state index in [9.17, 15) is 19.0 Å². The third kappa shape index (κ3) is 10.8. The molecule has 0 aliphatic rings. The predicted molar refractivity (Wildman–Crippen MR) is 118 cm³/mol. The molecule has 1 aromatic carbocycles. The lowest BCUT2D eigenvalue weighted by molar-refractivity contribution is -0.123. The number of benzene rings is 1. The smallest absolute Gasteiger partial charge is 0.407 e. The third-order valence-electron chi connectivity index (χ3n) is 4.77. The van der Waals surface area contributed by atoms with Crippen LogP contribution in [0.5, 0.6) is 0 Å². The summed E-state index contributed by atoms with van der Waals surface area (Å²) in [4.78, 5) is 34.6. The summed E-state index contributed by atoms with van der Waals surface area (Å²) >= 11 is 0. The molecular weight excluding hydrogens is 405 g/mol. The molecule has 3 atom stereocenters. The number of rotatable bonds is 12. The summed E-state index contributed by atoms with van der Waals surface area (Å²) in [6.45, 7) is 10.6. The first-order valence-corrected chi connectivity index (χ1v) is 12.2. The summed E-state index contributed by atoms with van der Waals surface area (Å²) in [6.07, 6.45) is -0.943. The van der Waals surface area contributed by atoms with E-state index in [-0.39, 0.29) is 24.3 Å². The maximum absolute atomic E-state index is 12.6. The molecule has 0 saturated heterocycles. The van der Waals surface area contributed by atoms with Gasteiger partial charge in [-0.3, -0.25) is 9.36 Å². The summed E-state index contributed by atoms with van der Waals surface area (Å²) in [7, 11) is -4.00. The lowest BCUT2D eigenvalue weighted by atomic mass is 9.98. The lowest BCUT2D eigenvalue weighted by Crippen LogP contribution is -2.46. The molecule has 0 fully saturated rings. The molecule has 170 valence electrons. The molecule has 8 nitrogen and oxygen atoms in total. The second-order valence-electron chi connectivity index (χ2n) is 8.38. The zero-order valence-corrected chi connectivity index (χ0v) is 19.4. The van der Waals surface area contributed by atoms with Gasteiger partial charge in [-0.1, -0.05) is 65.0 Å². The van der Waals surface area contributed by atoms with Gasteiger partial charge in [-0.2, -0.15) is 0 Å². The van der Waals surface area contributed by atoms with E-state index < -0.39 is 25.9 Å². The highest BCUT2D eigenvalue weighted by molar-refractivity contribution is 7.55. The van der Waals surface area contributed by atoms with E-state index in [1.54, 1.807) is 12.1 Å². The molecule has 1 aromatic rings. The van der Waals surface area contributed by atoms with E-state index in [0.717, 1.165) is 5.56 Å². The Balaban J connectivity index is 2.56. The van der Waals surface area contributed by atoms with Gasteiger partial charge in [-0.15, -0.1) is 0 Å². The number of ether oxygens (including phenoxy) is 1. The molecule has 1 unspecified atom stereocenters. The van der Waals surface area contributed by atoms with Crippen molar-refractivity contribution >= 4 is 19.5 Å². The Morgan fingerprint density at radius 1 is 1.07 bits per heavy atom. The van der Waals surface area contributed by atoms with Crippen LogP contribution >= 0.6 is 7.52 Å². The van der Waals surface area contributed by atoms with E-state index in [0.29, 0.717) is 18.9 Å².